The van der Waals surface area contributed by atoms with Crippen LogP contribution in [0.3, 0.4) is 0 Å². The van der Waals surface area contributed by atoms with Gasteiger partial charge in [0.25, 0.3) is 0 Å². The Morgan fingerprint density at radius 1 is 0.778 bits per heavy atom. The number of azo groups is 1. The van der Waals surface area contributed by atoms with E-state index in [1.54, 1.807) is 0 Å². The van der Waals surface area contributed by atoms with Crippen LogP contribution in [-0.4, -0.2) is 0 Å². The lowest BCUT2D eigenvalue weighted by Crippen LogP contribution is -1.70. The maximum atomic E-state index is 4.21. The van der Waals surface area contributed by atoms with Gasteiger partial charge in [-0.3, -0.25) is 0 Å². The maximum Gasteiger partial charge on any atom is 0.0857 e. The van der Waals surface area contributed by atoms with Gasteiger partial charge in [-0.25, -0.2) is 0 Å². The number of rotatable bonds is 3. The van der Waals surface area contributed by atoms with Crippen molar-refractivity contribution in [2.45, 2.75) is 13.8 Å². The molecule has 18 heavy (non-hydrogen) atoms. The summed E-state index contributed by atoms with van der Waals surface area (Å²) in [6, 6.07) is 16.0. The highest BCUT2D eigenvalue weighted by molar-refractivity contribution is 5.52. The zero-order chi connectivity index (χ0) is 12.8. The van der Waals surface area contributed by atoms with Crippen LogP contribution in [0.4, 0.5) is 11.4 Å². The maximum absolute atomic E-state index is 4.21. The van der Waals surface area contributed by atoms with Crippen LogP contribution in [0.5, 0.6) is 0 Å². The first-order chi connectivity index (χ1) is 8.78. The van der Waals surface area contributed by atoms with E-state index in [1.807, 2.05) is 61.5 Å². The van der Waals surface area contributed by atoms with E-state index in [0.29, 0.717) is 0 Å². The van der Waals surface area contributed by atoms with Crippen molar-refractivity contribution in [2.24, 2.45) is 10.2 Å². The van der Waals surface area contributed by atoms with Crippen LogP contribution in [0, 0.1) is 6.92 Å². The summed E-state index contributed by atoms with van der Waals surface area (Å²) >= 11 is 0. The number of aryl methyl sites for hydroxylation is 1. The highest BCUT2D eigenvalue weighted by Gasteiger charge is 1.91. The van der Waals surface area contributed by atoms with Gasteiger partial charge in [0.05, 0.1) is 11.4 Å². The van der Waals surface area contributed by atoms with Gasteiger partial charge in [0.1, 0.15) is 0 Å². The van der Waals surface area contributed by atoms with Crippen molar-refractivity contribution >= 4 is 17.5 Å². The summed E-state index contributed by atoms with van der Waals surface area (Å²) < 4.78 is 0. The lowest BCUT2D eigenvalue weighted by Gasteiger charge is -1.96. The third-order valence-corrected chi connectivity index (χ3v) is 2.57. The molecular formula is C16H16N2. The van der Waals surface area contributed by atoms with Gasteiger partial charge in [-0.05, 0) is 43.7 Å². The zero-order valence-electron chi connectivity index (χ0n) is 10.7. The van der Waals surface area contributed by atoms with Gasteiger partial charge >= 0.3 is 0 Å². The molecule has 0 atom stereocenters. The number of hydrogen-bond donors (Lipinski definition) is 0. The van der Waals surface area contributed by atoms with E-state index in [4.69, 9.17) is 0 Å². The first-order valence-corrected chi connectivity index (χ1v) is 5.99. The van der Waals surface area contributed by atoms with E-state index in [-0.39, 0.29) is 0 Å². The molecule has 0 spiro atoms. The molecule has 2 nitrogen and oxygen atoms in total. The minimum absolute atomic E-state index is 0.865. The SMILES string of the molecule is CC=Cc1ccc(N=Nc2ccc(C)cc2)cc1. The average Bonchev–Trinajstić information content (AvgIpc) is 2.40. The molecule has 0 aromatic heterocycles. The Kier molecular flexibility index (Phi) is 4.02. The lowest BCUT2D eigenvalue weighted by atomic mass is 10.2. The molecule has 2 aromatic rings. The zero-order valence-corrected chi connectivity index (χ0v) is 10.7. The summed E-state index contributed by atoms with van der Waals surface area (Å²) in [5.74, 6) is 0. The lowest BCUT2D eigenvalue weighted by molar-refractivity contribution is 1.23. The Balaban J connectivity index is 2.11. The molecule has 2 aromatic carbocycles. The van der Waals surface area contributed by atoms with Crippen LogP contribution in [0.1, 0.15) is 18.1 Å². The fraction of sp³-hybridized carbons (Fsp3) is 0.125. The molecule has 0 amide bonds. The van der Waals surface area contributed by atoms with Crippen molar-refractivity contribution in [3.05, 3.63) is 65.7 Å². The molecule has 2 heteroatoms. The smallest absolute Gasteiger partial charge is 0.0857 e. The molecule has 2 rings (SSSR count). The van der Waals surface area contributed by atoms with E-state index in [9.17, 15) is 0 Å². The molecule has 0 saturated carbocycles. The van der Waals surface area contributed by atoms with Gasteiger partial charge in [-0.1, -0.05) is 42.0 Å². The van der Waals surface area contributed by atoms with Crippen molar-refractivity contribution in [3.8, 4) is 0 Å². The van der Waals surface area contributed by atoms with Gasteiger partial charge in [0.15, 0.2) is 0 Å². The van der Waals surface area contributed by atoms with Crippen molar-refractivity contribution in [1.82, 2.24) is 0 Å². The Bertz CT molecular complexity index is 549. The normalized spacial score (nSPS) is 11.4. The van der Waals surface area contributed by atoms with Crippen molar-refractivity contribution in [1.29, 1.82) is 0 Å². The third kappa shape index (κ3) is 3.39. The second-order valence-corrected chi connectivity index (χ2v) is 4.13. The first-order valence-electron chi connectivity index (χ1n) is 5.99. The number of benzene rings is 2. The molecule has 0 aliphatic rings. The van der Waals surface area contributed by atoms with Gasteiger partial charge in [0, 0.05) is 0 Å². The summed E-state index contributed by atoms with van der Waals surface area (Å²) in [6.07, 6.45) is 4.07. The van der Waals surface area contributed by atoms with Crippen LogP contribution in [-0.2, 0) is 0 Å². The van der Waals surface area contributed by atoms with Gasteiger partial charge < -0.3 is 0 Å². The molecule has 0 radical (unpaired) electrons. The van der Waals surface area contributed by atoms with Gasteiger partial charge in [0.2, 0.25) is 0 Å². The molecular weight excluding hydrogens is 220 g/mol. The standard InChI is InChI=1S/C16H16N2/c1-3-4-14-7-11-16(12-8-14)18-17-15-9-5-13(2)6-10-15/h3-12H,1-2H3. The monoisotopic (exact) mass is 236 g/mol. The molecule has 0 N–H and O–H groups in total. The first kappa shape index (κ1) is 12.2. The van der Waals surface area contributed by atoms with E-state index < -0.39 is 0 Å². The van der Waals surface area contributed by atoms with Crippen LogP contribution in [0.15, 0.2) is 64.8 Å². The van der Waals surface area contributed by atoms with E-state index in [1.165, 1.54) is 11.1 Å². The second-order valence-electron chi connectivity index (χ2n) is 4.13. The average molecular weight is 236 g/mol. The van der Waals surface area contributed by atoms with E-state index in [2.05, 4.69) is 23.2 Å². The number of hydrogen-bond acceptors (Lipinski definition) is 2. The molecule has 90 valence electrons. The third-order valence-electron chi connectivity index (χ3n) is 2.57. The predicted octanol–water partition coefficient (Wildman–Crippen LogP) is 5.44. The van der Waals surface area contributed by atoms with Crippen molar-refractivity contribution < 1.29 is 0 Å². The van der Waals surface area contributed by atoms with Crippen LogP contribution in [0.25, 0.3) is 6.08 Å². The second kappa shape index (κ2) is 5.92. The number of nitrogens with zero attached hydrogens (tertiary/aromatic N) is 2. The Morgan fingerprint density at radius 2 is 1.28 bits per heavy atom. The van der Waals surface area contributed by atoms with E-state index >= 15 is 0 Å². The van der Waals surface area contributed by atoms with Crippen LogP contribution in [0.2, 0.25) is 0 Å². The Morgan fingerprint density at radius 3 is 1.78 bits per heavy atom. The van der Waals surface area contributed by atoms with Crippen molar-refractivity contribution in [2.75, 3.05) is 0 Å². The summed E-state index contributed by atoms with van der Waals surface area (Å²) in [5.41, 5.74) is 4.14. The molecule has 0 bridgehead atoms. The van der Waals surface area contributed by atoms with Gasteiger partial charge in [-0.15, -0.1) is 0 Å². The Hall–Kier alpha value is -2.22. The summed E-state index contributed by atoms with van der Waals surface area (Å²) in [7, 11) is 0. The molecule has 0 fully saturated rings. The summed E-state index contributed by atoms with van der Waals surface area (Å²) in [6.45, 7) is 4.06. The quantitative estimate of drug-likeness (QED) is 0.633. The van der Waals surface area contributed by atoms with Crippen LogP contribution >= 0.6 is 0 Å². The minimum atomic E-state index is 0.865. The minimum Gasteiger partial charge on any atom is -0.151 e. The molecule has 0 aliphatic carbocycles. The summed E-state index contributed by atoms with van der Waals surface area (Å²) in [4.78, 5) is 0. The van der Waals surface area contributed by atoms with Gasteiger partial charge in [-0.2, -0.15) is 10.2 Å². The predicted molar refractivity (Wildman–Crippen MR) is 76.5 cm³/mol. The summed E-state index contributed by atoms with van der Waals surface area (Å²) in [5, 5.41) is 8.41. The fourth-order valence-electron chi connectivity index (χ4n) is 1.57. The number of allylic oxidation sites excluding steroid dienone is 1. The highest BCUT2D eigenvalue weighted by Crippen LogP contribution is 2.19. The van der Waals surface area contributed by atoms with E-state index in [0.717, 1.165) is 11.4 Å². The highest BCUT2D eigenvalue weighted by atomic mass is 15.1. The topological polar surface area (TPSA) is 24.7 Å². The molecule has 0 saturated heterocycles. The fourth-order valence-corrected chi connectivity index (χ4v) is 1.57. The Labute approximate surface area is 108 Å². The molecule has 0 aliphatic heterocycles. The van der Waals surface area contributed by atoms with Crippen molar-refractivity contribution in [3.63, 3.8) is 0 Å². The molecule has 0 unspecified atom stereocenters. The molecule has 0 heterocycles. The largest absolute Gasteiger partial charge is 0.151 e. The van der Waals surface area contributed by atoms with Crippen LogP contribution < -0.4 is 0 Å².